The highest BCUT2D eigenvalue weighted by atomic mass is 16.5. The van der Waals surface area contributed by atoms with E-state index in [0.717, 1.165) is 35.8 Å². The second-order valence-electron chi connectivity index (χ2n) is 5.92. The summed E-state index contributed by atoms with van der Waals surface area (Å²) in [6.07, 6.45) is 9.39. The number of para-hydroxylation sites is 1. The maximum atomic E-state index is 6.02. The van der Waals surface area contributed by atoms with Crippen LogP contribution >= 0.6 is 0 Å². The first-order valence-corrected chi connectivity index (χ1v) is 9.16. The van der Waals surface area contributed by atoms with Gasteiger partial charge >= 0.3 is 0 Å². The minimum absolute atomic E-state index is 0.652. The van der Waals surface area contributed by atoms with Gasteiger partial charge in [-0.2, -0.15) is 0 Å². The van der Waals surface area contributed by atoms with Crippen LogP contribution in [0.5, 0.6) is 11.5 Å². The Morgan fingerprint density at radius 1 is 0.875 bits per heavy atom. The molecule has 0 amide bonds. The van der Waals surface area contributed by atoms with Crippen molar-refractivity contribution in [2.75, 3.05) is 13.2 Å². The van der Waals surface area contributed by atoms with E-state index in [1.54, 1.807) is 6.20 Å². The van der Waals surface area contributed by atoms with Crippen molar-refractivity contribution in [3.63, 3.8) is 0 Å². The molecule has 1 aromatic heterocycles. The molecule has 1 aromatic carbocycles. The molecule has 2 rings (SSSR count). The number of benzene rings is 1. The van der Waals surface area contributed by atoms with E-state index in [-0.39, 0.29) is 0 Å². The molecule has 0 saturated heterocycles. The Bertz CT molecular complexity index is 598. The van der Waals surface area contributed by atoms with Crippen molar-refractivity contribution in [2.45, 2.75) is 52.4 Å². The first-order valence-electron chi connectivity index (χ1n) is 9.16. The third-order valence-corrected chi connectivity index (χ3v) is 3.96. The van der Waals surface area contributed by atoms with Crippen LogP contribution in [0, 0.1) is 0 Å². The standard InChI is InChI=1S/C21H29NO2/c1-3-5-6-7-8-11-16-24-21-13-10-9-12-19(21)20-17-18(23-4-2)14-15-22-20/h9-10,12-15,17H,3-8,11,16H2,1-2H3. The highest BCUT2D eigenvalue weighted by Gasteiger charge is 2.08. The average Bonchev–Trinajstić information content (AvgIpc) is 2.62. The Morgan fingerprint density at radius 2 is 1.67 bits per heavy atom. The van der Waals surface area contributed by atoms with E-state index in [0.29, 0.717) is 6.61 Å². The number of nitrogens with zero attached hydrogens (tertiary/aromatic N) is 1. The second kappa shape index (κ2) is 10.7. The Balaban J connectivity index is 1.94. The van der Waals surface area contributed by atoms with Crippen molar-refractivity contribution in [3.8, 4) is 22.8 Å². The van der Waals surface area contributed by atoms with Crippen LogP contribution in [0.2, 0.25) is 0 Å². The second-order valence-corrected chi connectivity index (χ2v) is 5.92. The molecule has 0 aliphatic rings. The van der Waals surface area contributed by atoms with Gasteiger partial charge in [0.1, 0.15) is 11.5 Å². The van der Waals surface area contributed by atoms with Crippen LogP contribution in [0.1, 0.15) is 52.4 Å². The molecule has 0 spiro atoms. The van der Waals surface area contributed by atoms with Crippen LogP contribution in [-0.4, -0.2) is 18.2 Å². The SMILES string of the molecule is CCCCCCCCOc1ccccc1-c1cc(OCC)ccn1. The molecule has 0 radical (unpaired) electrons. The maximum Gasteiger partial charge on any atom is 0.128 e. The predicted octanol–water partition coefficient (Wildman–Crippen LogP) is 5.89. The number of pyridine rings is 1. The molecule has 2 aromatic rings. The summed E-state index contributed by atoms with van der Waals surface area (Å²) in [4.78, 5) is 4.47. The highest BCUT2D eigenvalue weighted by molar-refractivity contribution is 5.67. The van der Waals surface area contributed by atoms with Crippen molar-refractivity contribution in [1.82, 2.24) is 4.98 Å². The lowest BCUT2D eigenvalue weighted by Crippen LogP contribution is -1.99. The third kappa shape index (κ3) is 5.88. The summed E-state index contributed by atoms with van der Waals surface area (Å²) in [5.74, 6) is 1.74. The smallest absolute Gasteiger partial charge is 0.128 e. The number of hydrogen-bond acceptors (Lipinski definition) is 3. The van der Waals surface area contributed by atoms with Crippen molar-refractivity contribution in [2.24, 2.45) is 0 Å². The Morgan fingerprint density at radius 3 is 2.50 bits per heavy atom. The molecular formula is C21H29NO2. The van der Waals surface area contributed by atoms with E-state index in [4.69, 9.17) is 9.47 Å². The van der Waals surface area contributed by atoms with Crippen molar-refractivity contribution < 1.29 is 9.47 Å². The third-order valence-electron chi connectivity index (χ3n) is 3.96. The largest absolute Gasteiger partial charge is 0.494 e. The summed E-state index contributed by atoms with van der Waals surface area (Å²) < 4.78 is 11.6. The van der Waals surface area contributed by atoms with Gasteiger partial charge in [-0.25, -0.2) is 0 Å². The number of aromatic nitrogens is 1. The van der Waals surface area contributed by atoms with Crippen LogP contribution in [-0.2, 0) is 0 Å². The molecule has 0 fully saturated rings. The molecule has 0 bridgehead atoms. The summed E-state index contributed by atoms with van der Waals surface area (Å²) in [7, 11) is 0. The molecule has 0 unspecified atom stereocenters. The molecule has 0 aliphatic carbocycles. The predicted molar refractivity (Wildman–Crippen MR) is 99.7 cm³/mol. The lowest BCUT2D eigenvalue weighted by molar-refractivity contribution is 0.305. The first-order chi connectivity index (χ1) is 11.8. The molecule has 130 valence electrons. The van der Waals surface area contributed by atoms with Gasteiger partial charge in [0.2, 0.25) is 0 Å². The minimum Gasteiger partial charge on any atom is -0.494 e. The fraction of sp³-hybridized carbons (Fsp3) is 0.476. The van der Waals surface area contributed by atoms with E-state index >= 15 is 0 Å². The number of rotatable bonds is 11. The number of unbranched alkanes of at least 4 members (excludes halogenated alkanes) is 5. The molecule has 0 saturated carbocycles. The average molecular weight is 327 g/mol. The fourth-order valence-electron chi connectivity index (χ4n) is 2.68. The van der Waals surface area contributed by atoms with Crippen molar-refractivity contribution >= 4 is 0 Å². The zero-order valence-corrected chi connectivity index (χ0v) is 15.0. The Hall–Kier alpha value is -2.03. The van der Waals surface area contributed by atoms with Gasteiger partial charge < -0.3 is 9.47 Å². The molecular weight excluding hydrogens is 298 g/mol. The maximum absolute atomic E-state index is 6.02. The lowest BCUT2D eigenvalue weighted by atomic mass is 10.1. The van der Waals surface area contributed by atoms with E-state index in [9.17, 15) is 0 Å². The molecule has 3 nitrogen and oxygen atoms in total. The Labute approximate surface area is 146 Å². The quantitative estimate of drug-likeness (QED) is 0.482. The van der Waals surface area contributed by atoms with Gasteiger partial charge in [-0.3, -0.25) is 4.98 Å². The van der Waals surface area contributed by atoms with E-state index < -0.39 is 0 Å². The molecule has 24 heavy (non-hydrogen) atoms. The summed E-state index contributed by atoms with van der Waals surface area (Å²) in [5.41, 5.74) is 1.91. The van der Waals surface area contributed by atoms with Gasteiger partial charge in [0.25, 0.3) is 0 Å². The lowest BCUT2D eigenvalue weighted by Gasteiger charge is -2.12. The van der Waals surface area contributed by atoms with Gasteiger partial charge in [0, 0.05) is 17.8 Å². The summed E-state index contributed by atoms with van der Waals surface area (Å²) in [6, 6.07) is 11.9. The van der Waals surface area contributed by atoms with Gasteiger partial charge in [-0.15, -0.1) is 0 Å². The molecule has 0 N–H and O–H groups in total. The van der Waals surface area contributed by atoms with Crippen LogP contribution < -0.4 is 9.47 Å². The monoisotopic (exact) mass is 327 g/mol. The van der Waals surface area contributed by atoms with Gasteiger partial charge in [0.15, 0.2) is 0 Å². The van der Waals surface area contributed by atoms with Crippen LogP contribution in [0.4, 0.5) is 0 Å². The van der Waals surface area contributed by atoms with Crippen molar-refractivity contribution in [3.05, 3.63) is 42.6 Å². The first kappa shape index (κ1) is 18.3. The normalized spacial score (nSPS) is 10.6. The van der Waals surface area contributed by atoms with Gasteiger partial charge in [-0.1, -0.05) is 51.2 Å². The molecule has 0 aliphatic heterocycles. The fourth-order valence-corrected chi connectivity index (χ4v) is 2.68. The van der Waals surface area contributed by atoms with Crippen LogP contribution in [0.3, 0.4) is 0 Å². The zero-order valence-electron chi connectivity index (χ0n) is 15.0. The minimum atomic E-state index is 0.652. The molecule has 1 heterocycles. The summed E-state index contributed by atoms with van der Waals surface area (Å²) >= 11 is 0. The number of hydrogen-bond donors (Lipinski definition) is 0. The van der Waals surface area contributed by atoms with E-state index in [1.165, 1.54) is 32.1 Å². The zero-order chi connectivity index (χ0) is 17.0. The Kier molecular flexibility index (Phi) is 8.16. The van der Waals surface area contributed by atoms with Crippen LogP contribution in [0.15, 0.2) is 42.6 Å². The van der Waals surface area contributed by atoms with Crippen LogP contribution in [0.25, 0.3) is 11.3 Å². The van der Waals surface area contributed by atoms with E-state index in [2.05, 4.69) is 18.0 Å². The van der Waals surface area contributed by atoms with Gasteiger partial charge in [-0.05, 0) is 31.5 Å². The summed E-state index contributed by atoms with van der Waals surface area (Å²) in [6.45, 7) is 5.64. The van der Waals surface area contributed by atoms with Crippen molar-refractivity contribution in [1.29, 1.82) is 0 Å². The van der Waals surface area contributed by atoms with E-state index in [1.807, 2.05) is 37.3 Å². The molecule has 0 atom stereocenters. The number of ether oxygens (including phenoxy) is 2. The molecule has 3 heteroatoms. The highest BCUT2D eigenvalue weighted by Crippen LogP contribution is 2.30. The summed E-state index contributed by atoms with van der Waals surface area (Å²) in [5, 5.41) is 0. The van der Waals surface area contributed by atoms with Gasteiger partial charge in [0.05, 0.1) is 18.9 Å². The topological polar surface area (TPSA) is 31.4 Å².